The van der Waals surface area contributed by atoms with Crippen molar-refractivity contribution in [2.24, 2.45) is 5.73 Å². The fraction of sp³-hybridized carbons (Fsp3) is 1.00. The van der Waals surface area contributed by atoms with Gasteiger partial charge in [-0.2, -0.15) is 0 Å². The van der Waals surface area contributed by atoms with Gasteiger partial charge in [0.25, 0.3) is 0 Å². The summed E-state index contributed by atoms with van der Waals surface area (Å²) in [6, 6.07) is 0.378. The van der Waals surface area contributed by atoms with Gasteiger partial charge in [0.05, 0.1) is 5.60 Å². The molecule has 1 aliphatic rings. The molecule has 0 aliphatic carbocycles. The number of hydrogen-bond donors (Lipinski definition) is 2. The van der Waals surface area contributed by atoms with Crippen molar-refractivity contribution >= 4 is 0 Å². The van der Waals surface area contributed by atoms with Crippen molar-refractivity contribution in [1.29, 1.82) is 0 Å². The number of β-amino-alcohol motifs (C(OH)–C–C–N with tert-alkyl or cyclic N) is 1. The van der Waals surface area contributed by atoms with E-state index >= 15 is 0 Å². The molecule has 3 N–H and O–H groups in total. The van der Waals surface area contributed by atoms with E-state index in [1.807, 2.05) is 13.8 Å². The molecule has 3 heteroatoms. The predicted molar refractivity (Wildman–Crippen MR) is 54.6 cm³/mol. The largest absolute Gasteiger partial charge is 0.389 e. The summed E-state index contributed by atoms with van der Waals surface area (Å²) in [5.74, 6) is 0. The highest BCUT2D eigenvalue weighted by atomic mass is 16.3. The normalized spacial score (nSPS) is 25.8. The molecule has 1 saturated heterocycles. The summed E-state index contributed by atoms with van der Waals surface area (Å²) in [5.41, 5.74) is 5.28. The van der Waals surface area contributed by atoms with Crippen LogP contribution in [0.2, 0.25) is 0 Å². The van der Waals surface area contributed by atoms with Gasteiger partial charge in [0, 0.05) is 12.6 Å². The quantitative estimate of drug-likeness (QED) is 0.677. The van der Waals surface area contributed by atoms with Crippen LogP contribution in [0.1, 0.15) is 33.1 Å². The molecular weight excluding hydrogens is 164 g/mol. The molecule has 0 bridgehead atoms. The van der Waals surface area contributed by atoms with Crippen LogP contribution >= 0.6 is 0 Å². The first-order valence-electron chi connectivity index (χ1n) is 5.24. The molecule has 1 fully saturated rings. The van der Waals surface area contributed by atoms with Crippen molar-refractivity contribution in [3.63, 3.8) is 0 Å². The lowest BCUT2D eigenvalue weighted by atomic mass is 10.00. The highest BCUT2D eigenvalue weighted by molar-refractivity contribution is 4.80. The van der Waals surface area contributed by atoms with Gasteiger partial charge in [-0.15, -0.1) is 0 Å². The molecule has 1 rings (SSSR count). The molecule has 0 saturated carbocycles. The van der Waals surface area contributed by atoms with E-state index in [1.54, 1.807) is 0 Å². The average molecular weight is 186 g/mol. The topological polar surface area (TPSA) is 49.5 Å². The maximum absolute atomic E-state index is 9.87. The van der Waals surface area contributed by atoms with E-state index < -0.39 is 5.60 Å². The number of hydrogen-bond acceptors (Lipinski definition) is 3. The third kappa shape index (κ3) is 3.63. The predicted octanol–water partition coefficient (Wildman–Crippen LogP) is 0.570. The van der Waals surface area contributed by atoms with Gasteiger partial charge in [0.1, 0.15) is 0 Å². The van der Waals surface area contributed by atoms with Crippen molar-refractivity contribution in [3.05, 3.63) is 0 Å². The second-order valence-electron chi connectivity index (χ2n) is 4.46. The Labute approximate surface area is 80.9 Å². The van der Waals surface area contributed by atoms with Gasteiger partial charge in [0.15, 0.2) is 0 Å². The van der Waals surface area contributed by atoms with Crippen LogP contribution in [0.15, 0.2) is 0 Å². The molecule has 0 aromatic heterocycles. The second kappa shape index (κ2) is 4.40. The van der Waals surface area contributed by atoms with E-state index in [0.29, 0.717) is 6.04 Å². The first-order valence-corrected chi connectivity index (χ1v) is 5.24. The molecule has 0 aromatic rings. The van der Waals surface area contributed by atoms with E-state index in [1.165, 1.54) is 0 Å². The number of likely N-dealkylation sites (tertiary alicyclic amines) is 1. The van der Waals surface area contributed by atoms with Gasteiger partial charge < -0.3 is 15.7 Å². The standard InChI is InChI=1S/C10H22N2O/c1-3-10(2,13)8-12-6-4-9(11)5-7-12/h9,13H,3-8,11H2,1-2H3. The van der Waals surface area contributed by atoms with Gasteiger partial charge in [-0.1, -0.05) is 6.92 Å². The van der Waals surface area contributed by atoms with E-state index in [2.05, 4.69) is 4.90 Å². The Hall–Kier alpha value is -0.120. The number of nitrogens with two attached hydrogens (primary N) is 1. The molecule has 1 aliphatic heterocycles. The molecular formula is C10H22N2O. The first kappa shape index (κ1) is 11.0. The smallest absolute Gasteiger partial charge is 0.0743 e. The maximum atomic E-state index is 9.87. The summed E-state index contributed by atoms with van der Waals surface area (Å²) in [5, 5.41) is 9.87. The van der Waals surface area contributed by atoms with Crippen LogP contribution in [-0.2, 0) is 0 Å². The van der Waals surface area contributed by atoms with Gasteiger partial charge >= 0.3 is 0 Å². The third-order valence-electron chi connectivity index (χ3n) is 2.96. The molecule has 3 nitrogen and oxygen atoms in total. The van der Waals surface area contributed by atoms with Gasteiger partial charge in [-0.05, 0) is 39.3 Å². The van der Waals surface area contributed by atoms with Crippen molar-refractivity contribution in [1.82, 2.24) is 4.90 Å². The van der Waals surface area contributed by atoms with E-state index in [-0.39, 0.29) is 0 Å². The number of aliphatic hydroxyl groups is 1. The van der Waals surface area contributed by atoms with Crippen molar-refractivity contribution < 1.29 is 5.11 Å². The lowest BCUT2D eigenvalue weighted by molar-refractivity contribution is 0.00983. The summed E-state index contributed by atoms with van der Waals surface area (Å²) in [4.78, 5) is 2.31. The van der Waals surface area contributed by atoms with E-state index in [9.17, 15) is 5.11 Å². The Kier molecular flexibility index (Phi) is 3.71. The van der Waals surface area contributed by atoms with E-state index in [4.69, 9.17) is 5.73 Å². The van der Waals surface area contributed by atoms with Crippen molar-refractivity contribution in [2.45, 2.75) is 44.8 Å². The van der Waals surface area contributed by atoms with Gasteiger partial charge in [0.2, 0.25) is 0 Å². The van der Waals surface area contributed by atoms with Crippen LogP contribution in [-0.4, -0.2) is 41.3 Å². The third-order valence-corrected chi connectivity index (χ3v) is 2.96. The van der Waals surface area contributed by atoms with Crippen LogP contribution in [0, 0.1) is 0 Å². The molecule has 0 radical (unpaired) electrons. The Morgan fingerprint density at radius 1 is 1.46 bits per heavy atom. The fourth-order valence-electron chi connectivity index (χ4n) is 1.70. The Morgan fingerprint density at radius 3 is 2.46 bits per heavy atom. The highest BCUT2D eigenvalue weighted by Gasteiger charge is 2.24. The minimum atomic E-state index is -0.526. The van der Waals surface area contributed by atoms with E-state index in [0.717, 1.165) is 38.9 Å². The maximum Gasteiger partial charge on any atom is 0.0743 e. The SMILES string of the molecule is CCC(C)(O)CN1CCC(N)CC1. The summed E-state index contributed by atoms with van der Waals surface area (Å²) in [6.45, 7) is 6.79. The Bertz CT molecular complexity index is 151. The number of rotatable bonds is 3. The van der Waals surface area contributed by atoms with Crippen LogP contribution in [0.3, 0.4) is 0 Å². The Balaban J connectivity index is 2.30. The van der Waals surface area contributed by atoms with Crippen molar-refractivity contribution in [3.8, 4) is 0 Å². The number of piperidine rings is 1. The molecule has 0 amide bonds. The fourth-order valence-corrected chi connectivity index (χ4v) is 1.70. The summed E-state index contributed by atoms with van der Waals surface area (Å²) >= 11 is 0. The molecule has 13 heavy (non-hydrogen) atoms. The molecule has 78 valence electrons. The summed E-state index contributed by atoms with van der Waals surface area (Å²) in [7, 11) is 0. The zero-order valence-corrected chi connectivity index (χ0v) is 8.79. The van der Waals surface area contributed by atoms with Crippen LogP contribution in [0.5, 0.6) is 0 Å². The van der Waals surface area contributed by atoms with Gasteiger partial charge in [-0.3, -0.25) is 0 Å². The van der Waals surface area contributed by atoms with Crippen LogP contribution in [0.4, 0.5) is 0 Å². The summed E-state index contributed by atoms with van der Waals surface area (Å²) < 4.78 is 0. The molecule has 1 atom stereocenters. The molecule has 0 spiro atoms. The van der Waals surface area contributed by atoms with Crippen LogP contribution < -0.4 is 5.73 Å². The Morgan fingerprint density at radius 2 is 2.00 bits per heavy atom. The molecule has 1 unspecified atom stereocenters. The minimum absolute atomic E-state index is 0.378. The lowest BCUT2D eigenvalue weighted by Gasteiger charge is -2.35. The molecule has 0 aromatic carbocycles. The van der Waals surface area contributed by atoms with Crippen LogP contribution in [0.25, 0.3) is 0 Å². The van der Waals surface area contributed by atoms with Crippen molar-refractivity contribution in [2.75, 3.05) is 19.6 Å². The first-order chi connectivity index (χ1) is 6.03. The second-order valence-corrected chi connectivity index (χ2v) is 4.46. The zero-order chi connectivity index (χ0) is 9.90. The number of nitrogens with zero attached hydrogens (tertiary/aromatic N) is 1. The summed E-state index contributed by atoms with van der Waals surface area (Å²) in [6.07, 6.45) is 2.95. The monoisotopic (exact) mass is 186 g/mol. The average Bonchev–Trinajstić information content (AvgIpc) is 2.09. The van der Waals surface area contributed by atoms with Gasteiger partial charge in [-0.25, -0.2) is 0 Å². The highest BCUT2D eigenvalue weighted by Crippen LogP contribution is 2.15. The zero-order valence-electron chi connectivity index (χ0n) is 8.79. The molecule has 1 heterocycles. The minimum Gasteiger partial charge on any atom is -0.389 e. The lowest BCUT2D eigenvalue weighted by Crippen LogP contribution is -2.46.